The van der Waals surface area contributed by atoms with Crippen LogP contribution < -0.4 is 4.90 Å². The Morgan fingerprint density at radius 2 is 1.79 bits per heavy atom. The Bertz CT molecular complexity index is 561. The first kappa shape index (κ1) is 15.1. The smallest absolute Gasteiger partial charge is 0.0734 e. The zero-order valence-electron chi connectivity index (χ0n) is 10.6. The van der Waals surface area contributed by atoms with Gasteiger partial charge in [-0.2, -0.15) is 0 Å². The molecule has 0 heterocycles. The summed E-state index contributed by atoms with van der Waals surface area (Å²) < 4.78 is 0. The van der Waals surface area contributed by atoms with E-state index in [1.54, 1.807) is 0 Å². The normalized spacial score (nSPS) is 19.5. The van der Waals surface area contributed by atoms with Crippen molar-refractivity contribution in [3.8, 4) is 0 Å². The Hall–Kier alpha value is -0.340. The maximum absolute atomic E-state index is 6.15. The van der Waals surface area contributed by atoms with E-state index >= 15 is 0 Å². The predicted octanol–water partition coefficient (Wildman–Crippen LogP) is 5.71. The molecular weight excluding hydrogens is 324 g/mol. The fourth-order valence-electron chi connectivity index (χ4n) is 2.14. The van der Waals surface area contributed by atoms with Crippen LogP contribution >= 0.6 is 46.4 Å². The molecule has 0 spiro atoms. The molecule has 0 amide bonds. The maximum Gasteiger partial charge on any atom is 0.0734 e. The molecule has 1 nitrogen and oxygen atoms in total. The van der Waals surface area contributed by atoms with Crippen LogP contribution in [0.3, 0.4) is 0 Å². The van der Waals surface area contributed by atoms with Crippen LogP contribution in [0.25, 0.3) is 0 Å². The van der Waals surface area contributed by atoms with E-state index in [1.165, 1.54) is 0 Å². The summed E-state index contributed by atoms with van der Waals surface area (Å²) >= 11 is 24.3. The molecule has 1 aliphatic rings. The molecule has 0 bridgehead atoms. The Balaban J connectivity index is 2.45. The molecule has 0 saturated heterocycles. The first-order valence-electron chi connectivity index (χ1n) is 5.78. The van der Waals surface area contributed by atoms with Crippen molar-refractivity contribution in [2.24, 2.45) is 0 Å². The quantitative estimate of drug-likeness (QED) is 0.669. The highest BCUT2D eigenvalue weighted by Crippen LogP contribution is 2.42. The van der Waals surface area contributed by atoms with E-state index in [2.05, 4.69) is 0 Å². The lowest BCUT2D eigenvalue weighted by molar-refractivity contribution is 0.831. The summed E-state index contributed by atoms with van der Waals surface area (Å²) in [7, 11) is 3.96. The van der Waals surface area contributed by atoms with Crippen molar-refractivity contribution in [1.82, 2.24) is 0 Å². The molecule has 0 saturated carbocycles. The summed E-state index contributed by atoms with van der Waals surface area (Å²) in [6, 6.07) is 5.82. The zero-order chi connectivity index (χ0) is 14.2. The van der Waals surface area contributed by atoms with E-state index in [-0.39, 0.29) is 5.92 Å². The Morgan fingerprint density at radius 3 is 2.37 bits per heavy atom. The molecule has 19 heavy (non-hydrogen) atoms. The van der Waals surface area contributed by atoms with E-state index in [0.717, 1.165) is 11.3 Å². The molecular formula is C14H13Cl4N. The average molecular weight is 337 g/mol. The SMILES string of the molecule is CN(C)c1cc(Cl)ccc1C1C=C(Cl)C(Cl)=C(Cl)C1. The van der Waals surface area contributed by atoms with Crippen molar-refractivity contribution in [2.45, 2.75) is 12.3 Å². The third-order valence-electron chi connectivity index (χ3n) is 3.07. The molecule has 102 valence electrons. The van der Waals surface area contributed by atoms with Crippen molar-refractivity contribution >= 4 is 52.1 Å². The van der Waals surface area contributed by atoms with Crippen molar-refractivity contribution in [3.05, 3.63) is 50.0 Å². The fraction of sp³-hybridized carbons (Fsp3) is 0.286. The van der Waals surface area contributed by atoms with Crippen LogP contribution in [0.15, 0.2) is 39.4 Å². The van der Waals surface area contributed by atoms with Crippen LogP contribution in [0.2, 0.25) is 5.02 Å². The highest BCUT2D eigenvalue weighted by molar-refractivity contribution is 6.48. The van der Waals surface area contributed by atoms with Crippen LogP contribution in [0.1, 0.15) is 17.9 Å². The summed E-state index contributed by atoms with van der Waals surface area (Å²) in [5.41, 5.74) is 2.19. The number of anilines is 1. The van der Waals surface area contributed by atoms with Gasteiger partial charge in [0.15, 0.2) is 0 Å². The molecule has 1 aromatic rings. The Morgan fingerprint density at radius 1 is 1.11 bits per heavy atom. The first-order valence-corrected chi connectivity index (χ1v) is 7.30. The number of hydrogen-bond acceptors (Lipinski definition) is 1. The molecule has 1 atom stereocenters. The van der Waals surface area contributed by atoms with Gasteiger partial charge < -0.3 is 4.90 Å². The van der Waals surface area contributed by atoms with Gasteiger partial charge in [0.25, 0.3) is 0 Å². The fourth-order valence-corrected chi connectivity index (χ4v) is 3.03. The summed E-state index contributed by atoms with van der Waals surface area (Å²) in [5, 5.41) is 2.25. The minimum Gasteiger partial charge on any atom is -0.377 e. The standard InChI is InChI=1S/C14H13Cl4N/c1-19(2)13-7-9(15)3-4-10(13)8-5-11(16)14(18)12(17)6-8/h3-5,7-8H,6H2,1-2H3. The van der Waals surface area contributed by atoms with Gasteiger partial charge >= 0.3 is 0 Å². The summed E-state index contributed by atoms with van der Waals surface area (Å²) in [6.45, 7) is 0. The van der Waals surface area contributed by atoms with Crippen LogP contribution in [0, 0.1) is 0 Å². The molecule has 0 radical (unpaired) electrons. The second-order valence-corrected chi connectivity index (χ2v) is 6.32. The van der Waals surface area contributed by atoms with Crippen LogP contribution in [-0.4, -0.2) is 14.1 Å². The monoisotopic (exact) mass is 335 g/mol. The van der Waals surface area contributed by atoms with E-state index in [9.17, 15) is 0 Å². The third-order valence-corrected chi connectivity index (χ3v) is 4.59. The number of hydrogen-bond donors (Lipinski definition) is 0. The van der Waals surface area contributed by atoms with Gasteiger partial charge in [-0.05, 0) is 24.1 Å². The topological polar surface area (TPSA) is 3.24 Å². The zero-order valence-corrected chi connectivity index (χ0v) is 13.6. The molecule has 1 aliphatic carbocycles. The Labute approximate surface area is 133 Å². The molecule has 1 aromatic carbocycles. The lowest BCUT2D eigenvalue weighted by Crippen LogP contribution is -2.14. The van der Waals surface area contributed by atoms with E-state index in [0.29, 0.717) is 26.5 Å². The van der Waals surface area contributed by atoms with Crippen molar-refractivity contribution in [1.29, 1.82) is 0 Å². The number of halogens is 4. The number of rotatable bonds is 2. The van der Waals surface area contributed by atoms with Gasteiger partial charge in [0, 0.05) is 35.8 Å². The van der Waals surface area contributed by atoms with Gasteiger partial charge in [0.05, 0.1) is 10.1 Å². The minimum absolute atomic E-state index is 0.108. The van der Waals surface area contributed by atoms with E-state index in [4.69, 9.17) is 46.4 Å². The van der Waals surface area contributed by atoms with Crippen molar-refractivity contribution in [2.75, 3.05) is 19.0 Å². The highest BCUT2D eigenvalue weighted by atomic mass is 35.5. The number of allylic oxidation sites excluding steroid dienone is 4. The van der Waals surface area contributed by atoms with Crippen LogP contribution in [0.5, 0.6) is 0 Å². The van der Waals surface area contributed by atoms with Crippen molar-refractivity contribution < 1.29 is 0 Å². The Kier molecular flexibility index (Phi) is 4.73. The van der Waals surface area contributed by atoms with Gasteiger partial charge in [-0.25, -0.2) is 0 Å². The van der Waals surface area contributed by atoms with E-state index < -0.39 is 0 Å². The third kappa shape index (κ3) is 3.22. The van der Waals surface area contributed by atoms with Gasteiger partial charge in [-0.3, -0.25) is 0 Å². The molecule has 0 N–H and O–H groups in total. The summed E-state index contributed by atoms with van der Waals surface area (Å²) in [6.07, 6.45) is 2.59. The van der Waals surface area contributed by atoms with Gasteiger partial charge in [-0.15, -0.1) is 0 Å². The lowest BCUT2D eigenvalue weighted by Gasteiger charge is -2.25. The lowest BCUT2D eigenvalue weighted by atomic mass is 9.90. The largest absolute Gasteiger partial charge is 0.377 e. The van der Waals surface area contributed by atoms with E-state index in [1.807, 2.05) is 43.3 Å². The molecule has 0 fully saturated rings. The molecule has 0 aromatic heterocycles. The van der Waals surface area contributed by atoms with Crippen LogP contribution in [0.4, 0.5) is 5.69 Å². The van der Waals surface area contributed by atoms with Crippen molar-refractivity contribution in [3.63, 3.8) is 0 Å². The minimum atomic E-state index is 0.108. The summed E-state index contributed by atoms with van der Waals surface area (Å²) in [4.78, 5) is 2.02. The van der Waals surface area contributed by atoms with Gasteiger partial charge in [0.2, 0.25) is 0 Å². The first-order chi connectivity index (χ1) is 8.90. The second kappa shape index (κ2) is 5.97. The highest BCUT2D eigenvalue weighted by Gasteiger charge is 2.23. The van der Waals surface area contributed by atoms with Crippen LogP contribution in [-0.2, 0) is 0 Å². The molecule has 0 aliphatic heterocycles. The summed E-state index contributed by atoms with van der Waals surface area (Å²) in [5.74, 6) is 0.108. The average Bonchev–Trinajstić information content (AvgIpc) is 2.35. The maximum atomic E-state index is 6.15. The predicted molar refractivity (Wildman–Crippen MR) is 85.8 cm³/mol. The number of benzene rings is 1. The second-order valence-electron chi connectivity index (χ2n) is 4.64. The number of nitrogens with zero attached hydrogens (tertiary/aromatic N) is 1. The van der Waals surface area contributed by atoms with Gasteiger partial charge in [0.1, 0.15) is 0 Å². The molecule has 2 rings (SSSR count). The van der Waals surface area contributed by atoms with Gasteiger partial charge in [-0.1, -0.05) is 58.5 Å². The molecule has 1 unspecified atom stereocenters. The molecule has 5 heteroatoms.